The van der Waals surface area contributed by atoms with Gasteiger partial charge in [-0.3, -0.25) is 0 Å². The molecule has 0 spiro atoms. The summed E-state index contributed by atoms with van der Waals surface area (Å²) in [5, 5.41) is 0. The molecule has 1 aliphatic heterocycles. The lowest BCUT2D eigenvalue weighted by atomic mass is 10.2. The molecule has 2 aromatic rings. The molecule has 0 bridgehead atoms. The van der Waals surface area contributed by atoms with E-state index >= 15 is 0 Å². The molecule has 0 radical (unpaired) electrons. The highest BCUT2D eigenvalue weighted by Crippen LogP contribution is 2.67. The van der Waals surface area contributed by atoms with E-state index in [1.807, 2.05) is 0 Å². The summed E-state index contributed by atoms with van der Waals surface area (Å²) in [5.74, 6) is 5.24. The van der Waals surface area contributed by atoms with Gasteiger partial charge in [-0.2, -0.15) is 0 Å². The molecule has 1 aliphatic rings. The minimum atomic E-state index is -1.11. The maximum atomic E-state index is 2.62. The molecule has 0 aliphatic carbocycles. The Morgan fingerprint density at radius 1 is 0.609 bits per heavy atom. The second-order valence-corrected chi connectivity index (χ2v) is 10.3. The van der Waals surface area contributed by atoms with E-state index in [1.54, 1.807) is 0 Å². The van der Waals surface area contributed by atoms with Gasteiger partial charge in [-0.05, 0) is 36.1 Å². The molecule has 0 fully saturated rings. The molecule has 1 heteroatoms. The normalized spacial score (nSPS) is 16.1. The summed E-state index contributed by atoms with van der Waals surface area (Å²) in [5.41, 5.74) is 5.94. The Morgan fingerprint density at radius 2 is 1.00 bits per heavy atom. The van der Waals surface area contributed by atoms with E-state index in [2.05, 4.69) is 86.1 Å². The smallest absolute Gasteiger partial charge is 0.0622 e. The molecule has 118 valence electrons. The summed E-state index contributed by atoms with van der Waals surface area (Å²) in [4.78, 5) is 0. The minimum absolute atomic E-state index is 1.11. The first-order valence-electron chi connectivity index (χ1n) is 8.50. The van der Waals surface area contributed by atoms with Gasteiger partial charge < -0.3 is 0 Å². The van der Waals surface area contributed by atoms with Crippen molar-refractivity contribution >= 4 is 7.26 Å². The molecular formula is C22H26P+. The molecule has 2 aromatic carbocycles. The fourth-order valence-electron chi connectivity index (χ4n) is 3.35. The van der Waals surface area contributed by atoms with Crippen LogP contribution in [0.1, 0.15) is 25.0 Å². The summed E-state index contributed by atoms with van der Waals surface area (Å²) in [6, 6.07) is 21.9. The number of benzene rings is 2. The van der Waals surface area contributed by atoms with Crippen LogP contribution in [-0.2, 0) is 12.8 Å². The maximum Gasteiger partial charge on any atom is 0.0717 e. The van der Waals surface area contributed by atoms with Gasteiger partial charge in [0.05, 0.1) is 31.2 Å². The third kappa shape index (κ3) is 4.21. The summed E-state index contributed by atoms with van der Waals surface area (Å²) >= 11 is 0. The van der Waals surface area contributed by atoms with Gasteiger partial charge in [-0.1, -0.05) is 60.7 Å². The number of rotatable bonds is 6. The zero-order chi connectivity index (χ0) is 16.1. The van der Waals surface area contributed by atoms with Gasteiger partial charge in [0.2, 0.25) is 0 Å². The van der Waals surface area contributed by atoms with Crippen LogP contribution in [0, 0.1) is 0 Å². The zero-order valence-electron chi connectivity index (χ0n) is 14.2. The molecule has 23 heavy (non-hydrogen) atoms. The van der Waals surface area contributed by atoms with Crippen molar-refractivity contribution in [2.75, 3.05) is 12.3 Å². The topological polar surface area (TPSA) is 0 Å². The van der Waals surface area contributed by atoms with E-state index in [-0.39, 0.29) is 0 Å². The van der Waals surface area contributed by atoms with Crippen LogP contribution in [0.25, 0.3) is 0 Å². The van der Waals surface area contributed by atoms with Gasteiger partial charge in [0.15, 0.2) is 0 Å². The summed E-state index contributed by atoms with van der Waals surface area (Å²) in [7, 11) is -1.11. The second kappa shape index (κ2) is 7.28. The lowest BCUT2D eigenvalue weighted by Crippen LogP contribution is -2.03. The van der Waals surface area contributed by atoms with Crippen molar-refractivity contribution in [3.63, 3.8) is 0 Å². The quantitative estimate of drug-likeness (QED) is 0.547. The van der Waals surface area contributed by atoms with Crippen molar-refractivity contribution in [1.29, 1.82) is 0 Å². The van der Waals surface area contributed by atoms with Gasteiger partial charge in [-0.25, -0.2) is 0 Å². The lowest BCUT2D eigenvalue weighted by Gasteiger charge is -2.18. The highest BCUT2D eigenvalue weighted by atomic mass is 31.2. The second-order valence-electron chi connectivity index (χ2n) is 6.65. The molecule has 3 rings (SSSR count). The number of aryl methyl sites for hydroxylation is 2. The lowest BCUT2D eigenvalue weighted by molar-refractivity contribution is 1.10. The molecule has 0 aromatic heterocycles. The van der Waals surface area contributed by atoms with Crippen molar-refractivity contribution < 1.29 is 0 Å². The number of allylic oxidation sites excluding steroid dienone is 2. The third-order valence-corrected chi connectivity index (χ3v) is 8.76. The molecule has 0 saturated carbocycles. The predicted octanol–water partition coefficient (Wildman–Crippen LogP) is 6.31. The fourth-order valence-corrected chi connectivity index (χ4v) is 7.46. The molecule has 0 atom stereocenters. The molecule has 0 N–H and O–H groups in total. The van der Waals surface area contributed by atoms with Crippen LogP contribution < -0.4 is 0 Å². The highest BCUT2D eigenvalue weighted by Gasteiger charge is 2.37. The first-order chi connectivity index (χ1) is 11.2. The summed E-state index contributed by atoms with van der Waals surface area (Å²) < 4.78 is 0. The average Bonchev–Trinajstić information content (AvgIpc) is 2.88. The van der Waals surface area contributed by atoms with Crippen LogP contribution in [0.2, 0.25) is 0 Å². The van der Waals surface area contributed by atoms with Gasteiger partial charge in [0, 0.05) is 12.8 Å². The van der Waals surface area contributed by atoms with Crippen molar-refractivity contribution in [2.45, 2.75) is 26.7 Å². The van der Waals surface area contributed by atoms with Crippen LogP contribution in [-0.4, -0.2) is 12.3 Å². The molecule has 0 amide bonds. The third-order valence-electron chi connectivity index (χ3n) is 4.84. The van der Waals surface area contributed by atoms with E-state index < -0.39 is 7.26 Å². The first-order valence-corrected chi connectivity index (χ1v) is 10.8. The van der Waals surface area contributed by atoms with E-state index in [1.165, 1.54) is 47.4 Å². The Kier molecular flexibility index (Phi) is 5.13. The Balaban J connectivity index is 1.73. The van der Waals surface area contributed by atoms with E-state index in [0.717, 1.165) is 0 Å². The van der Waals surface area contributed by atoms with E-state index in [0.29, 0.717) is 0 Å². The number of hydrogen-bond donors (Lipinski definition) is 0. The summed E-state index contributed by atoms with van der Waals surface area (Å²) in [6.45, 7) is 4.55. The maximum absolute atomic E-state index is 2.62. The van der Waals surface area contributed by atoms with Crippen LogP contribution in [0.4, 0.5) is 0 Å². The van der Waals surface area contributed by atoms with Crippen molar-refractivity contribution in [3.8, 4) is 0 Å². The van der Waals surface area contributed by atoms with E-state index in [9.17, 15) is 0 Å². The highest BCUT2D eigenvalue weighted by molar-refractivity contribution is 7.82. The average molecular weight is 321 g/mol. The van der Waals surface area contributed by atoms with Crippen LogP contribution in [0.15, 0.2) is 83.4 Å². The standard InChI is InChI=1S/C22H26P/c1-19-17-23(18-20(19)2,15-13-21-9-5-3-6-10-21)16-14-22-11-7-4-8-12-22/h3-12,17-18H,13-16H2,1-2H3/q+1. The zero-order valence-corrected chi connectivity index (χ0v) is 15.1. The molecule has 0 unspecified atom stereocenters. The van der Waals surface area contributed by atoms with Crippen molar-refractivity contribution in [2.24, 2.45) is 0 Å². The van der Waals surface area contributed by atoms with Gasteiger partial charge in [-0.15, -0.1) is 0 Å². The Hall–Kier alpha value is -1.65. The predicted molar refractivity (Wildman–Crippen MR) is 104 cm³/mol. The largest absolute Gasteiger partial charge is 0.0717 e. The molecular weight excluding hydrogens is 295 g/mol. The van der Waals surface area contributed by atoms with Crippen LogP contribution in [0.5, 0.6) is 0 Å². The Bertz CT molecular complexity index is 632. The summed E-state index contributed by atoms with van der Waals surface area (Å²) in [6.07, 6.45) is 4.99. The van der Waals surface area contributed by atoms with Gasteiger partial charge in [0.25, 0.3) is 0 Å². The van der Waals surface area contributed by atoms with Crippen molar-refractivity contribution in [3.05, 3.63) is 94.6 Å². The van der Waals surface area contributed by atoms with Gasteiger partial charge in [0.1, 0.15) is 0 Å². The first kappa shape index (κ1) is 16.2. The monoisotopic (exact) mass is 321 g/mol. The minimum Gasteiger partial charge on any atom is -0.0622 e. The van der Waals surface area contributed by atoms with E-state index in [4.69, 9.17) is 0 Å². The molecule has 0 nitrogen and oxygen atoms in total. The fraction of sp³-hybridized carbons (Fsp3) is 0.273. The Labute approximate surface area is 141 Å². The molecule has 0 saturated heterocycles. The van der Waals surface area contributed by atoms with Crippen LogP contribution >= 0.6 is 7.26 Å². The van der Waals surface area contributed by atoms with Crippen LogP contribution in [0.3, 0.4) is 0 Å². The SMILES string of the molecule is CC1=C[P+](CCc2ccccc2)(CCc2ccccc2)C=C1C. The number of hydrogen-bond acceptors (Lipinski definition) is 0. The van der Waals surface area contributed by atoms with Crippen molar-refractivity contribution in [1.82, 2.24) is 0 Å². The Morgan fingerprint density at radius 3 is 1.39 bits per heavy atom. The molecule has 1 heterocycles. The van der Waals surface area contributed by atoms with Gasteiger partial charge >= 0.3 is 0 Å².